The summed E-state index contributed by atoms with van der Waals surface area (Å²) >= 11 is 0. The predicted molar refractivity (Wildman–Crippen MR) is 128 cm³/mol. The highest BCUT2D eigenvalue weighted by Crippen LogP contribution is 2.18. The number of piperidine rings is 1. The van der Waals surface area contributed by atoms with Crippen LogP contribution in [0, 0.1) is 5.92 Å². The molecule has 1 aliphatic heterocycles. The molecule has 1 atom stereocenters. The summed E-state index contributed by atoms with van der Waals surface area (Å²) in [5, 5.41) is 10.7. The number of aromatic nitrogens is 3. The molecular weight excluding hydrogens is 477 g/mol. The summed E-state index contributed by atoms with van der Waals surface area (Å²) in [6.07, 6.45) is 4.25. The number of hydrogen-bond donors (Lipinski definition) is 2. The number of hydrogen-bond acceptors (Lipinski definition) is 4. The molecule has 3 rings (SSSR count). The molecule has 0 aliphatic carbocycles. The SMILES string of the molecule is CCNC(=NCc1ccc(CN2CCCC(C)C2)cc1)NCc1ncnn1C.I. The van der Waals surface area contributed by atoms with Gasteiger partial charge >= 0.3 is 0 Å². The zero-order chi connectivity index (χ0) is 19.8. The van der Waals surface area contributed by atoms with Gasteiger partial charge in [-0.05, 0) is 43.4 Å². The Morgan fingerprint density at radius 1 is 1.21 bits per heavy atom. The van der Waals surface area contributed by atoms with Crippen molar-refractivity contribution in [3.05, 3.63) is 47.5 Å². The predicted octanol–water partition coefficient (Wildman–Crippen LogP) is 2.92. The molecule has 160 valence electrons. The Morgan fingerprint density at radius 2 is 1.97 bits per heavy atom. The summed E-state index contributed by atoms with van der Waals surface area (Å²) < 4.78 is 1.76. The summed E-state index contributed by atoms with van der Waals surface area (Å²) in [6.45, 7) is 9.97. The van der Waals surface area contributed by atoms with Crippen molar-refractivity contribution in [3.8, 4) is 0 Å². The van der Waals surface area contributed by atoms with E-state index in [1.54, 1.807) is 11.0 Å². The molecule has 1 aromatic carbocycles. The zero-order valence-corrected chi connectivity index (χ0v) is 20.1. The van der Waals surface area contributed by atoms with E-state index in [1.807, 2.05) is 7.05 Å². The minimum absolute atomic E-state index is 0. The molecule has 0 saturated carbocycles. The molecule has 2 aromatic rings. The van der Waals surface area contributed by atoms with Crippen LogP contribution >= 0.6 is 24.0 Å². The normalized spacial score (nSPS) is 17.6. The van der Waals surface area contributed by atoms with Crippen LogP contribution in [0.25, 0.3) is 0 Å². The Hall–Kier alpha value is -1.68. The Morgan fingerprint density at radius 3 is 2.62 bits per heavy atom. The second-order valence-corrected chi connectivity index (χ2v) is 7.65. The van der Waals surface area contributed by atoms with Gasteiger partial charge in [0.15, 0.2) is 5.96 Å². The molecule has 7 nitrogen and oxygen atoms in total. The molecule has 0 radical (unpaired) electrons. The summed E-state index contributed by atoms with van der Waals surface area (Å²) in [6, 6.07) is 8.87. The molecule has 1 saturated heterocycles. The number of guanidine groups is 1. The number of nitrogens with zero attached hydrogens (tertiary/aromatic N) is 5. The van der Waals surface area contributed by atoms with Crippen molar-refractivity contribution < 1.29 is 0 Å². The monoisotopic (exact) mass is 511 g/mol. The topological polar surface area (TPSA) is 70.4 Å². The summed E-state index contributed by atoms with van der Waals surface area (Å²) in [4.78, 5) is 11.5. The van der Waals surface area contributed by atoms with Crippen LogP contribution in [-0.4, -0.2) is 45.3 Å². The van der Waals surface area contributed by atoms with Crippen molar-refractivity contribution in [2.75, 3.05) is 19.6 Å². The average Bonchev–Trinajstić information content (AvgIpc) is 3.10. The van der Waals surface area contributed by atoms with Crippen molar-refractivity contribution in [2.24, 2.45) is 18.0 Å². The van der Waals surface area contributed by atoms with E-state index in [1.165, 1.54) is 37.1 Å². The molecule has 1 unspecified atom stereocenters. The minimum atomic E-state index is 0. The summed E-state index contributed by atoms with van der Waals surface area (Å²) in [7, 11) is 1.89. The Balaban J connectivity index is 0.00000300. The lowest BCUT2D eigenvalue weighted by atomic mass is 9.99. The summed E-state index contributed by atoms with van der Waals surface area (Å²) in [5.41, 5.74) is 2.60. The first-order valence-corrected chi connectivity index (χ1v) is 10.3. The highest BCUT2D eigenvalue weighted by atomic mass is 127. The van der Waals surface area contributed by atoms with Crippen molar-refractivity contribution in [3.63, 3.8) is 0 Å². The van der Waals surface area contributed by atoms with E-state index in [9.17, 15) is 0 Å². The number of rotatable bonds is 7. The fraction of sp³-hybridized carbons (Fsp3) is 0.571. The van der Waals surface area contributed by atoms with E-state index in [0.717, 1.165) is 30.8 Å². The van der Waals surface area contributed by atoms with Gasteiger partial charge in [-0.1, -0.05) is 31.2 Å². The van der Waals surface area contributed by atoms with Gasteiger partial charge in [0.05, 0.1) is 13.1 Å². The number of likely N-dealkylation sites (tertiary alicyclic amines) is 1. The van der Waals surface area contributed by atoms with Gasteiger partial charge in [0, 0.05) is 26.7 Å². The van der Waals surface area contributed by atoms with Crippen molar-refractivity contribution in [1.82, 2.24) is 30.3 Å². The van der Waals surface area contributed by atoms with E-state index < -0.39 is 0 Å². The van der Waals surface area contributed by atoms with Crippen LogP contribution in [0.5, 0.6) is 0 Å². The van der Waals surface area contributed by atoms with E-state index >= 15 is 0 Å². The molecule has 1 fully saturated rings. The Bertz CT molecular complexity index is 757. The van der Waals surface area contributed by atoms with Gasteiger partial charge in [0.2, 0.25) is 0 Å². The van der Waals surface area contributed by atoms with Gasteiger partial charge < -0.3 is 10.6 Å². The van der Waals surface area contributed by atoms with Gasteiger partial charge in [0.25, 0.3) is 0 Å². The summed E-state index contributed by atoms with van der Waals surface area (Å²) in [5.74, 6) is 2.49. The highest BCUT2D eigenvalue weighted by Gasteiger charge is 2.16. The Labute approximate surface area is 191 Å². The third-order valence-corrected chi connectivity index (χ3v) is 5.15. The maximum atomic E-state index is 4.69. The van der Waals surface area contributed by atoms with Gasteiger partial charge in [-0.15, -0.1) is 24.0 Å². The van der Waals surface area contributed by atoms with Crippen molar-refractivity contribution in [2.45, 2.75) is 46.3 Å². The molecule has 1 aliphatic rings. The number of halogens is 1. The number of benzene rings is 1. The number of aryl methyl sites for hydroxylation is 1. The second-order valence-electron chi connectivity index (χ2n) is 7.65. The number of nitrogens with one attached hydrogen (secondary N) is 2. The number of aliphatic imine (C=N–C) groups is 1. The van der Waals surface area contributed by atoms with Crippen molar-refractivity contribution in [1.29, 1.82) is 0 Å². The first-order chi connectivity index (χ1) is 13.6. The maximum absolute atomic E-state index is 4.69. The van der Waals surface area contributed by atoms with E-state index in [-0.39, 0.29) is 24.0 Å². The second kappa shape index (κ2) is 12.1. The molecule has 2 heterocycles. The maximum Gasteiger partial charge on any atom is 0.191 e. The fourth-order valence-electron chi connectivity index (χ4n) is 3.59. The van der Waals surface area contributed by atoms with Gasteiger partial charge in [-0.25, -0.2) is 9.98 Å². The van der Waals surface area contributed by atoms with Crippen LogP contribution in [0.1, 0.15) is 43.6 Å². The van der Waals surface area contributed by atoms with Gasteiger partial charge in [-0.2, -0.15) is 5.10 Å². The lowest BCUT2D eigenvalue weighted by Gasteiger charge is -2.30. The molecule has 2 N–H and O–H groups in total. The van der Waals surface area contributed by atoms with Crippen molar-refractivity contribution >= 4 is 29.9 Å². The van der Waals surface area contributed by atoms with E-state index in [0.29, 0.717) is 13.1 Å². The van der Waals surface area contributed by atoms with Crippen LogP contribution in [0.4, 0.5) is 0 Å². The first kappa shape index (κ1) is 23.6. The zero-order valence-electron chi connectivity index (χ0n) is 17.8. The molecule has 0 bridgehead atoms. The average molecular weight is 511 g/mol. The third-order valence-electron chi connectivity index (χ3n) is 5.15. The quantitative estimate of drug-likeness (QED) is 0.340. The fourth-order valence-corrected chi connectivity index (χ4v) is 3.59. The molecule has 0 spiro atoms. The van der Waals surface area contributed by atoms with Crippen LogP contribution in [0.15, 0.2) is 35.6 Å². The Kier molecular flexibility index (Phi) is 9.86. The lowest BCUT2D eigenvalue weighted by Crippen LogP contribution is -2.37. The third kappa shape index (κ3) is 7.58. The largest absolute Gasteiger partial charge is 0.357 e. The molecule has 0 amide bonds. The van der Waals surface area contributed by atoms with E-state index in [2.05, 4.69) is 63.7 Å². The van der Waals surface area contributed by atoms with Crippen LogP contribution < -0.4 is 10.6 Å². The highest BCUT2D eigenvalue weighted by molar-refractivity contribution is 14.0. The van der Waals surface area contributed by atoms with Crippen LogP contribution in [0.3, 0.4) is 0 Å². The van der Waals surface area contributed by atoms with Gasteiger partial charge in [-0.3, -0.25) is 9.58 Å². The molecule has 1 aromatic heterocycles. The first-order valence-electron chi connectivity index (χ1n) is 10.3. The van der Waals surface area contributed by atoms with Crippen LogP contribution in [-0.2, 0) is 26.7 Å². The standard InChI is InChI=1S/C21H33N7.HI/c1-4-22-21(24-13-20-25-16-26-27(20)3)23-12-18-7-9-19(10-8-18)15-28-11-5-6-17(2)14-28;/h7-10,16-17H,4-6,11-15H2,1-3H3,(H2,22,23,24);1H. The molecule has 29 heavy (non-hydrogen) atoms. The lowest BCUT2D eigenvalue weighted by molar-refractivity contribution is 0.176. The smallest absolute Gasteiger partial charge is 0.191 e. The molecule has 8 heteroatoms. The van der Waals surface area contributed by atoms with E-state index in [4.69, 9.17) is 4.99 Å². The van der Waals surface area contributed by atoms with Gasteiger partial charge in [0.1, 0.15) is 12.2 Å². The molecular formula is C21H34IN7. The van der Waals surface area contributed by atoms with Crippen LogP contribution in [0.2, 0.25) is 0 Å². The minimum Gasteiger partial charge on any atom is -0.357 e.